The molecule has 3 rings (SSSR count). The Morgan fingerprint density at radius 1 is 1.03 bits per heavy atom. The number of nitrogens with one attached hydrogen (secondary N) is 1. The maximum absolute atomic E-state index is 13.7. The second kappa shape index (κ2) is 10.5. The van der Waals surface area contributed by atoms with E-state index in [4.69, 9.17) is 14.2 Å². The molecule has 2 aromatic rings. The van der Waals surface area contributed by atoms with Crippen molar-refractivity contribution in [2.24, 2.45) is 0 Å². The first kappa shape index (κ1) is 24.3. The van der Waals surface area contributed by atoms with Gasteiger partial charge in [0.25, 0.3) is 0 Å². The van der Waals surface area contributed by atoms with Crippen molar-refractivity contribution in [3.8, 4) is 0 Å². The Morgan fingerprint density at radius 3 is 2.18 bits per heavy atom. The summed E-state index contributed by atoms with van der Waals surface area (Å²) in [6.07, 6.45) is -1.08. The molecule has 176 valence electrons. The van der Waals surface area contributed by atoms with Gasteiger partial charge >= 0.3 is 12.1 Å². The molecule has 0 unspecified atom stereocenters. The Morgan fingerprint density at radius 2 is 1.61 bits per heavy atom. The van der Waals surface area contributed by atoms with E-state index in [1.54, 1.807) is 20.8 Å². The van der Waals surface area contributed by atoms with Crippen molar-refractivity contribution in [1.29, 1.82) is 0 Å². The van der Waals surface area contributed by atoms with E-state index < -0.39 is 41.9 Å². The molecular formula is C25H30N2O6. The first-order valence-corrected chi connectivity index (χ1v) is 10.8. The predicted molar refractivity (Wildman–Crippen MR) is 121 cm³/mol. The smallest absolute Gasteiger partial charge is 0.408 e. The second-order valence-corrected chi connectivity index (χ2v) is 8.39. The second-order valence-electron chi connectivity index (χ2n) is 8.39. The number of carbonyl (C=O) groups is 3. The summed E-state index contributed by atoms with van der Waals surface area (Å²) in [7, 11) is 1.27. The Bertz CT molecular complexity index is 963. The molecule has 1 fully saturated rings. The van der Waals surface area contributed by atoms with Crippen LogP contribution in [0.2, 0.25) is 0 Å². The number of ether oxygens (including phenoxy) is 3. The molecule has 8 nitrogen and oxygen atoms in total. The molecule has 1 aliphatic rings. The molecule has 8 heteroatoms. The van der Waals surface area contributed by atoms with Gasteiger partial charge in [0.2, 0.25) is 5.91 Å². The quantitative estimate of drug-likeness (QED) is 0.647. The van der Waals surface area contributed by atoms with E-state index >= 15 is 0 Å². The zero-order valence-electron chi connectivity index (χ0n) is 19.3. The molecule has 0 radical (unpaired) electrons. The fraction of sp³-hybridized carbons (Fsp3) is 0.400. The molecule has 1 heterocycles. The van der Waals surface area contributed by atoms with Gasteiger partial charge in [-0.25, -0.2) is 9.59 Å². The predicted octanol–water partition coefficient (Wildman–Crippen LogP) is 3.05. The van der Waals surface area contributed by atoms with Crippen molar-refractivity contribution in [2.45, 2.75) is 57.7 Å². The zero-order valence-corrected chi connectivity index (χ0v) is 19.3. The van der Waals surface area contributed by atoms with Crippen LogP contribution in [0.15, 0.2) is 60.7 Å². The minimum Gasteiger partial charge on any atom is -0.467 e. The van der Waals surface area contributed by atoms with Crippen LogP contribution < -0.4 is 5.32 Å². The summed E-state index contributed by atoms with van der Waals surface area (Å²) in [5.74, 6) is -1.04. The van der Waals surface area contributed by atoms with Gasteiger partial charge in [0.1, 0.15) is 18.4 Å². The number of esters is 1. The van der Waals surface area contributed by atoms with Crippen LogP contribution in [0.1, 0.15) is 31.9 Å². The summed E-state index contributed by atoms with van der Waals surface area (Å²) in [4.78, 5) is 40.2. The maximum atomic E-state index is 13.7. The summed E-state index contributed by atoms with van der Waals surface area (Å²) in [6.45, 7) is 5.19. The van der Waals surface area contributed by atoms with E-state index in [1.165, 1.54) is 12.0 Å². The monoisotopic (exact) mass is 454 g/mol. The van der Waals surface area contributed by atoms with Gasteiger partial charge in [-0.05, 0) is 31.9 Å². The fourth-order valence-corrected chi connectivity index (χ4v) is 4.07. The molecule has 3 atom stereocenters. The van der Waals surface area contributed by atoms with Gasteiger partial charge in [-0.2, -0.15) is 0 Å². The topological polar surface area (TPSA) is 94.2 Å². The van der Waals surface area contributed by atoms with Crippen molar-refractivity contribution in [3.63, 3.8) is 0 Å². The average Bonchev–Trinajstić information content (AvgIpc) is 3.05. The third kappa shape index (κ3) is 5.90. The summed E-state index contributed by atoms with van der Waals surface area (Å²) >= 11 is 0. The number of hydrogen-bond donors (Lipinski definition) is 1. The molecule has 2 amide bonds. The lowest BCUT2D eigenvalue weighted by atomic mass is 10.0. The summed E-state index contributed by atoms with van der Waals surface area (Å²) < 4.78 is 16.1. The number of methoxy groups -OCH3 is 1. The number of carbonyl (C=O) groups excluding carboxylic acids is 3. The highest BCUT2D eigenvalue weighted by Crippen LogP contribution is 2.33. The highest BCUT2D eigenvalue weighted by molar-refractivity contribution is 5.91. The van der Waals surface area contributed by atoms with Crippen molar-refractivity contribution in [1.82, 2.24) is 10.2 Å². The number of rotatable bonds is 7. The molecule has 0 aromatic heterocycles. The van der Waals surface area contributed by atoms with Crippen LogP contribution in [0, 0.1) is 0 Å². The minimum absolute atomic E-state index is 0.0685. The van der Waals surface area contributed by atoms with Gasteiger partial charge in [-0.15, -0.1) is 0 Å². The van der Waals surface area contributed by atoms with Crippen molar-refractivity contribution in [2.75, 3.05) is 7.11 Å². The summed E-state index contributed by atoms with van der Waals surface area (Å²) in [6, 6.07) is 16.6. The number of nitrogens with zero attached hydrogens (tertiary/aromatic N) is 1. The molecule has 0 saturated carbocycles. The fourth-order valence-electron chi connectivity index (χ4n) is 4.07. The van der Waals surface area contributed by atoms with E-state index in [1.807, 2.05) is 60.7 Å². The average molecular weight is 455 g/mol. The molecule has 0 bridgehead atoms. The Balaban J connectivity index is 1.82. The normalized spacial score (nSPS) is 20.1. The highest BCUT2D eigenvalue weighted by atomic mass is 16.6. The number of alkyl carbamates (subject to hydrolysis) is 1. The zero-order chi connectivity index (χ0) is 24.0. The van der Waals surface area contributed by atoms with Crippen molar-refractivity contribution in [3.05, 3.63) is 71.8 Å². The molecule has 1 aliphatic heterocycles. The van der Waals surface area contributed by atoms with E-state index in [2.05, 4.69) is 5.32 Å². The van der Waals surface area contributed by atoms with Crippen LogP contribution in [0.3, 0.4) is 0 Å². The molecule has 1 N–H and O–H groups in total. The van der Waals surface area contributed by atoms with Gasteiger partial charge in [-0.3, -0.25) is 9.69 Å². The highest BCUT2D eigenvalue weighted by Gasteiger charge is 2.53. The summed E-state index contributed by atoms with van der Waals surface area (Å²) in [5.41, 5.74) is 0.604. The van der Waals surface area contributed by atoms with Gasteiger partial charge in [0.15, 0.2) is 6.04 Å². The minimum atomic E-state index is -1.07. The number of amides is 2. The maximum Gasteiger partial charge on any atom is 0.408 e. The van der Waals surface area contributed by atoms with E-state index in [0.29, 0.717) is 0 Å². The van der Waals surface area contributed by atoms with Crippen LogP contribution in [0.5, 0.6) is 0 Å². The van der Waals surface area contributed by atoms with Gasteiger partial charge in [0, 0.05) is 6.42 Å². The molecule has 0 aliphatic carbocycles. The standard InChI is InChI=1S/C25H30N2O6/c1-17-21(23(29)31-4)27(25(2,3)33-17)22(28)20(15-18-11-7-5-8-12-18)26-24(30)32-16-19-13-9-6-10-14-19/h5-14,17,20-21H,15-16H2,1-4H3,(H,26,30)/t17-,20+,21+/m1/s1. The van der Waals surface area contributed by atoms with Crippen LogP contribution >= 0.6 is 0 Å². The number of hydrogen-bond acceptors (Lipinski definition) is 6. The van der Waals surface area contributed by atoms with Crippen LogP contribution in [-0.4, -0.2) is 53.9 Å². The lowest BCUT2D eigenvalue weighted by Crippen LogP contribution is -2.58. The van der Waals surface area contributed by atoms with E-state index in [0.717, 1.165) is 11.1 Å². The Labute approximate surface area is 193 Å². The Kier molecular flexibility index (Phi) is 7.71. The van der Waals surface area contributed by atoms with Gasteiger partial charge < -0.3 is 19.5 Å². The SMILES string of the molecule is COC(=O)[C@@H]1[C@@H](C)OC(C)(C)N1C(=O)[C@H](Cc1ccccc1)NC(=O)OCc1ccccc1. The van der Waals surface area contributed by atoms with Gasteiger partial charge in [0.05, 0.1) is 13.2 Å². The first-order valence-electron chi connectivity index (χ1n) is 10.8. The molecular weight excluding hydrogens is 424 g/mol. The Hall–Kier alpha value is -3.39. The van der Waals surface area contributed by atoms with Crippen molar-refractivity contribution < 1.29 is 28.6 Å². The molecule has 0 spiro atoms. The third-order valence-corrected chi connectivity index (χ3v) is 5.54. The largest absolute Gasteiger partial charge is 0.467 e. The lowest BCUT2D eigenvalue weighted by molar-refractivity contribution is -0.158. The van der Waals surface area contributed by atoms with Crippen LogP contribution in [0.4, 0.5) is 4.79 Å². The van der Waals surface area contributed by atoms with Crippen LogP contribution in [0.25, 0.3) is 0 Å². The molecule has 2 aromatic carbocycles. The summed E-state index contributed by atoms with van der Waals surface area (Å²) in [5, 5.41) is 2.68. The third-order valence-electron chi connectivity index (χ3n) is 5.54. The lowest BCUT2D eigenvalue weighted by Gasteiger charge is -2.35. The molecule has 33 heavy (non-hydrogen) atoms. The van der Waals surface area contributed by atoms with Crippen LogP contribution in [-0.2, 0) is 36.8 Å². The first-order chi connectivity index (χ1) is 15.7. The number of benzene rings is 2. The van der Waals surface area contributed by atoms with Crippen molar-refractivity contribution >= 4 is 18.0 Å². The van der Waals surface area contributed by atoms with E-state index in [-0.39, 0.29) is 13.0 Å². The molecule has 1 saturated heterocycles. The van der Waals surface area contributed by atoms with Gasteiger partial charge in [-0.1, -0.05) is 60.7 Å². The van der Waals surface area contributed by atoms with E-state index in [9.17, 15) is 14.4 Å².